The molecule has 0 aliphatic carbocycles. The van der Waals surface area contributed by atoms with Gasteiger partial charge in [0, 0.05) is 0 Å². The number of nitrogens with zero attached hydrogens (tertiary/aromatic N) is 3. The first-order valence-corrected chi connectivity index (χ1v) is 6.66. The van der Waals surface area contributed by atoms with Crippen LogP contribution in [0.4, 0.5) is 0 Å². The highest BCUT2D eigenvalue weighted by atomic mass is 15.4. The molecule has 0 aliphatic rings. The van der Waals surface area contributed by atoms with Crippen molar-refractivity contribution in [2.75, 3.05) is 0 Å². The second-order valence-corrected chi connectivity index (χ2v) is 4.89. The molecule has 0 fully saturated rings. The van der Waals surface area contributed by atoms with Crippen molar-refractivity contribution in [2.45, 2.75) is 46.1 Å². The topological polar surface area (TPSA) is 30.7 Å². The van der Waals surface area contributed by atoms with Gasteiger partial charge in [-0.15, -0.1) is 5.10 Å². The molecule has 0 saturated heterocycles. The molecule has 1 aromatic carbocycles. The normalized spacial score (nSPS) is 12.6. The van der Waals surface area contributed by atoms with Crippen LogP contribution in [0.2, 0.25) is 0 Å². The van der Waals surface area contributed by atoms with Crippen LogP contribution < -0.4 is 0 Å². The van der Waals surface area contributed by atoms with Crippen LogP contribution in [0.1, 0.15) is 49.6 Å². The predicted octanol–water partition coefficient (Wildman–Crippen LogP) is 3.54. The molecule has 96 valence electrons. The largest absolute Gasteiger partial charge is 0.244 e. The molecular formula is C15H21N3. The number of rotatable bonds is 5. The molecule has 0 N–H and O–H groups in total. The molecule has 0 bridgehead atoms. The van der Waals surface area contributed by atoms with Crippen LogP contribution in [-0.2, 0) is 6.54 Å². The third-order valence-corrected chi connectivity index (χ3v) is 3.32. The van der Waals surface area contributed by atoms with Crippen LogP contribution in [0.3, 0.4) is 0 Å². The summed E-state index contributed by atoms with van der Waals surface area (Å²) in [6.45, 7) is 7.34. The van der Waals surface area contributed by atoms with E-state index in [1.54, 1.807) is 0 Å². The Labute approximate surface area is 109 Å². The van der Waals surface area contributed by atoms with Gasteiger partial charge < -0.3 is 0 Å². The smallest absolute Gasteiger partial charge is 0.0831 e. The van der Waals surface area contributed by atoms with Gasteiger partial charge in [0.2, 0.25) is 0 Å². The van der Waals surface area contributed by atoms with E-state index in [0.717, 1.165) is 12.2 Å². The molecule has 1 heterocycles. The summed E-state index contributed by atoms with van der Waals surface area (Å²) in [6, 6.07) is 10.4. The molecule has 1 atom stereocenters. The van der Waals surface area contributed by atoms with Crippen LogP contribution in [0.15, 0.2) is 30.3 Å². The van der Waals surface area contributed by atoms with Crippen LogP contribution >= 0.6 is 0 Å². The Morgan fingerprint density at radius 2 is 1.94 bits per heavy atom. The summed E-state index contributed by atoms with van der Waals surface area (Å²) in [4.78, 5) is 0. The number of aromatic nitrogens is 3. The van der Waals surface area contributed by atoms with Gasteiger partial charge in [-0.05, 0) is 24.8 Å². The lowest BCUT2D eigenvalue weighted by Crippen LogP contribution is -2.09. The molecule has 0 spiro atoms. The molecule has 0 aliphatic heterocycles. The zero-order valence-electron chi connectivity index (χ0n) is 11.4. The molecule has 0 saturated carbocycles. The summed E-state index contributed by atoms with van der Waals surface area (Å²) in [5, 5.41) is 8.51. The van der Waals surface area contributed by atoms with E-state index in [1.807, 2.05) is 10.7 Å². The Bertz CT molecular complexity index is 488. The molecule has 2 rings (SSSR count). The van der Waals surface area contributed by atoms with Crippen LogP contribution in [-0.4, -0.2) is 15.0 Å². The minimum absolute atomic E-state index is 0.522. The zero-order chi connectivity index (χ0) is 13.0. The molecule has 3 heteroatoms. The number of hydrogen-bond donors (Lipinski definition) is 0. The van der Waals surface area contributed by atoms with E-state index < -0.39 is 0 Å². The van der Waals surface area contributed by atoms with Gasteiger partial charge in [0.1, 0.15) is 0 Å². The standard InChI is InChI=1S/C15H21N3/c1-4-8-12(2)15-13(3)16-17-18(15)11-14-9-6-5-7-10-14/h5-7,9-10,12H,4,8,11H2,1-3H3. The zero-order valence-corrected chi connectivity index (χ0v) is 11.4. The third kappa shape index (κ3) is 2.78. The maximum Gasteiger partial charge on any atom is 0.0831 e. The maximum atomic E-state index is 4.28. The molecular weight excluding hydrogens is 222 g/mol. The summed E-state index contributed by atoms with van der Waals surface area (Å²) in [5.74, 6) is 0.522. The summed E-state index contributed by atoms with van der Waals surface area (Å²) < 4.78 is 2.05. The van der Waals surface area contributed by atoms with Crippen molar-refractivity contribution in [3.63, 3.8) is 0 Å². The number of hydrogen-bond acceptors (Lipinski definition) is 2. The summed E-state index contributed by atoms with van der Waals surface area (Å²) >= 11 is 0. The average Bonchev–Trinajstić information content (AvgIpc) is 2.72. The maximum absolute atomic E-state index is 4.28. The Morgan fingerprint density at radius 3 is 2.61 bits per heavy atom. The SMILES string of the molecule is CCCC(C)c1c(C)nnn1Cc1ccccc1. The first-order valence-electron chi connectivity index (χ1n) is 6.66. The third-order valence-electron chi connectivity index (χ3n) is 3.32. The Kier molecular flexibility index (Phi) is 4.13. The lowest BCUT2D eigenvalue weighted by Gasteiger charge is -2.13. The summed E-state index contributed by atoms with van der Waals surface area (Å²) in [7, 11) is 0. The lowest BCUT2D eigenvalue weighted by atomic mass is 10.0. The molecule has 0 radical (unpaired) electrons. The fourth-order valence-corrected chi connectivity index (χ4v) is 2.46. The fourth-order valence-electron chi connectivity index (χ4n) is 2.46. The van der Waals surface area contributed by atoms with Crippen LogP contribution in [0, 0.1) is 6.92 Å². The van der Waals surface area contributed by atoms with E-state index in [2.05, 4.69) is 55.3 Å². The van der Waals surface area contributed by atoms with E-state index in [-0.39, 0.29) is 0 Å². The molecule has 18 heavy (non-hydrogen) atoms. The van der Waals surface area contributed by atoms with Gasteiger partial charge in [-0.25, -0.2) is 4.68 Å². The fraction of sp³-hybridized carbons (Fsp3) is 0.467. The molecule has 2 aromatic rings. The van der Waals surface area contributed by atoms with Gasteiger partial charge in [-0.3, -0.25) is 0 Å². The van der Waals surface area contributed by atoms with Gasteiger partial charge in [0.05, 0.1) is 17.9 Å². The van der Waals surface area contributed by atoms with E-state index in [1.165, 1.54) is 24.1 Å². The van der Waals surface area contributed by atoms with Crippen molar-refractivity contribution >= 4 is 0 Å². The van der Waals surface area contributed by atoms with Crippen molar-refractivity contribution in [1.29, 1.82) is 0 Å². The summed E-state index contributed by atoms with van der Waals surface area (Å²) in [5.41, 5.74) is 3.61. The highest BCUT2D eigenvalue weighted by Crippen LogP contribution is 2.23. The van der Waals surface area contributed by atoms with Crippen molar-refractivity contribution in [3.8, 4) is 0 Å². The Morgan fingerprint density at radius 1 is 1.22 bits per heavy atom. The minimum Gasteiger partial charge on any atom is -0.244 e. The predicted molar refractivity (Wildman–Crippen MR) is 73.6 cm³/mol. The minimum atomic E-state index is 0.522. The van der Waals surface area contributed by atoms with Gasteiger partial charge in [0.25, 0.3) is 0 Å². The number of aryl methyl sites for hydroxylation is 1. The van der Waals surface area contributed by atoms with E-state index in [9.17, 15) is 0 Å². The van der Waals surface area contributed by atoms with Gasteiger partial charge in [0.15, 0.2) is 0 Å². The second-order valence-electron chi connectivity index (χ2n) is 4.89. The highest BCUT2D eigenvalue weighted by molar-refractivity contribution is 5.18. The first-order chi connectivity index (χ1) is 8.72. The molecule has 3 nitrogen and oxygen atoms in total. The van der Waals surface area contributed by atoms with E-state index >= 15 is 0 Å². The monoisotopic (exact) mass is 243 g/mol. The first kappa shape index (κ1) is 12.8. The molecule has 1 unspecified atom stereocenters. The van der Waals surface area contributed by atoms with Crippen molar-refractivity contribution < 1.29 is 0 Å². The van der Waals surface area contributed by atoms with Crippen LogP contribution in [0.5, 0.6) is 0 Å². The van der Waals surface area contributed by atoms with Crippen molar-refractivity contribution in [3.05, 3.63) is 47.3 Å². The summed E-state index contributed by atoms with van der Waals surface area (Å²) in [6.07, 6.45) is 2.38. The number of benzene rings is 1. The van der Waals surface area contributed by atoms with E-state index in [4.69, 9.17) is 0 Å². The van der Waals surface area contributed by atoms with Gasteiger partial charge >= 0.3 is 0 Å². The van der Waals surface area contributed by atoms with Gasteiger partial charge in [-0.2, -0.15) is 0 Å². The average molecular weight is 243 g/mol. The molecule has 0 amide bonds. The second kappa shape index (κ2) is 5.80. The van der Waals surface area contributed by atoms with Crippen molar-refractivity contribution in [1.82, 2.24) is 15.0 Å². The lowest BCUT2D eigenvalue weighted by molar-refractivity contribution is 0.558. The highest BCUT2D eigenvalue weighted by Gasteiger charge is 2.15. The quantitative estimate of drug-likeness (QED) is 0.804. The van der Waals surface area contributed by atoms with Crippen LogP contribution in [0.25, 0.3) is 0 Å². The molecule has 1 aromatic heterocycles. The Hall–Kier alpha value is -1.64. The Balaban J connectivity index is 2.23. The van der Waals surface area contributed by atoms with Gasteiger partial charge in [-0.1, -0.05) is 55.8 Å². The van der Waals surface area contributed by atoms with E-state index in [0.29, 0.717) is 5.92 Å². The van der Waals surface area contributed by atoms with Crippen molar-refractivity contribution in [2.24, 2.45) is 0 Å².